The molecule has 3 unspecified atom stereocenters. The minimum absolute atomic E-state index is 0.0639. The molecule has 0 aliphatic heterocycles. The molecule has 6 nitrogen and oxygen atoms in total. The predicted molar refractivity (Wildman–Crippen MR) is 273 cm³/mol. The molecule has 0 aliphatic carbocycles. The lowest BCUT2D eigenvalue weighted by molar-refractivity contribution is -0.151. The van der Waals surface area contributed by atoms with Crippen molar-refractivity contribution in [1.29, 1.82) is 0 Å². The average molecular weight is 884 g/mol. The number of rotatable bonds is 49. The Hall–Kier alpha value is -2.18. The Morgan fingerprint density at radius 1 is 0.492 bits per heavy atom. The molecular weight excluding hydrogens is 779 g/mol. The van der Waals surface area contributed by atoms with Gasteiger partial charge in [-0.3, -0.25) is 9.59 Å². The van der Waals surface area contributed by atoms with Crippen LogP contribution in [0.2, 0.25) is 0 Å². The molecule has 0 aromatic rings. The van der Waals surface area contributed by atoms with Gasteiger partial charge < -0.3 is 20.3 Å². The first-order valence-electron chi connectivity index (χ1n) is 27.4. The van der Waals surface area contributed by atoms with Gasteiger partial charge in [-0.15, -0.1) is 0 Å². The molecule has 0 rings (SSSR count). The van der Waals surface area contributed by atoms with E-state index < -0.39 is 18.2 Å². The third-order valence-electron chi connectivity index (χ3n) is 12.4. The zero-order valence-electron chi connectivity index (χ0n) is 42.0. The predicted octanol–water partition coefficient (Wildman–Crippen LogP) is 16.6. The number of allylic oxidation sites excluding steroid dienone is 8. The van der Waals surface area contributed by atoms with Crippen molar-refractivity contribution in [2.45, 2.75) is 296 Å². The van der Waals surface area contributed by atoms with E-state index in [4.69, 9.17) is 4.74 Å². The van der Waals surface area contributed by atoms with E-state index in [9.17, 15) is 19.8 Å². The van der Waals surface area contributed by atoms with Crippen molar-refractivity contribution in [1.82, 2.24) is 5.32 Å². The molecule has 0 saturated heterocycles. The van der Waals surface area contributed by atoms with Crippen LogP contribution in [-0.4, -0.2) is 46.9 Å². The highest BCUT2D eigenvalue weighted by Gasteiger charge is 2.24. The van der Waals surface area contributed by atoms with Crippen molar-refractivity contribution in [3.8, 4) is 0 Å². The Balaban J connectivity index is 4.51. The largest absolute Gasteiger partial charge is 0.462 e. The van der Waals surface area contributed by atoms with Gasteiger partial charge in [0.25, 0.3) is 0 Å². The van der Waals surface area contributed by atoms with E-state index in [1.165, 1.54) is 148 Å². The molecule has 0 aromatic heterocycles. The molecule has 1 amide bonds. The SMILES string of the molecule is CC/C=C/C/C=C/CCCCCCCC(CC(=O)NC(CO)C(O)CCCCCCCCCCCCCCCCCCC)OC(=O)CCCCCCCC/C=C/C=C/CCCCC. The van der Waals surface area contributed by atoms with Crippen LogP contribution in [0.4, 0.5) is 0 Å². The molecule has 0 heterocycles. The number of amides is 1. The number of aliphatic hydroxyl groups is 2. The van der Waals surface area contributed by atoms with E-state index in [0.29, 0.717) is 19.3 Å². The van der Waals surface area contributed by atoms with Gasteiger partial charge in [0.2, 0.25) is 5.91 Å². The van der Waals surface area contributed by atoms with Gasteiger partial charge in [-0.1, -0.05) is 236 Å². The molecule has 0 aromatic carbocycles. The van der Waals surface area contributed by atoms with Gasteiger partial charge in [0, 0.05) is 6.42 Å². The maximum Gasteiger partial charge on any atom is 0.306 e. The summed E-state index contributed by atoms with van der Waals surface area (Å²) in [4.78, 5) is 26.2. The van der Waals surface area contributed by atoms with Gasteiger partial charge in [-0.05, 0) is 77.0 Å². The van der Waals surface area contributed by atoms with Crippen LogP contribution in [0.15, 0.2) is 48.6 Å². The van der Waals surface area contributed by atoms with Crippen molar-refractivity contribution in [2.24, 2.45) is 0 Å². The molecule has 3 N–H and O–H groups in total. The van der Waals surface area contributed by atoms with Crippen LogP contribution in [0.1, 0.15) is 278 Å². The summed E-state index contributed by atoms with van der Waals surface area (Å²) in [5.41, 5.74) is 0. The first-order chi connectivity index (χ1) is 31.0. The highest BCUT2D eigenvalue weighted by atomic mass is 16.5. The fourth-order valence-electron chi connectivity index (χ4n) is 8.28. The first kappa shape index (κ1) is 60.8. The fraction of sp³-hybridized carbons (Fsp3) is 0.825. The van der Waals surface area contributed by atoms with Crippen LogP contribution in [0.25, 0.3) is 0 Å². The summed E-state index contributed by atoms with van der Waals surface area (Å²) in [6.45, 7) is 6.36. The zero-order valence-corrected chi connectivity index (χ0v) is 42.0. The Kier molecular flexibility index (Phi) is 49.1. The first-order valence-corrected chi connectivity index (χ1v) is 27.4. The quantitative estimate of drug-likeness (QED) is 0.0245. The number of aliphatic hydroxyl groups excluding tert-OH is 2. The van der Waals surface area contributed by atoms with Gasteiger partial charge in [0.1, 0.15) is 6.10 Å². The fourth-order valence-corrected chi connectivity index (χ4v) is 8.28. The topological polar surface area (TPSA) is 95.9 Å². The summed E-state index contributed by atoms with van der Waals surface area (Å²) in [5.74, 6) is -0.495. The maximum absolute atomic E-state index is 13.2. The second kappa shape index (κ2) is 50.8. The number of hydrogen-bond acceptors (Lipinski definition) is 5. The van der Waals surface area contributed by atoms with Gasteiger partial charge in [0.15, 0.2) is 0 Å². The number of carbonyl (C=O) groups is 2. The van der Waals surface area contributed by atoms with Crippen LogP contribution in [-0.2, 0) is 14.3 Å². The van der Waals surface area contributed by atoms with Gasteiger partial charge in [0.05, 0.1) is 25.2 Å². The summed E-state index contributed by atoms with van der Waals surface area (Å²) < 4.78 is 5.93. The van der Waals surface area contributed by atoms with E-state index in [2.05, 4.69) is 74.7 Å². The number of unbranched alkanes of at least 4 members (excludes halogenated alkanes) is 30. The number of nitrogens with one attached hydrogen (secondary N) is 1. The van der Waals surface area contributed by atoms with Gasteiger partial charge in [-0.25, -0.2) is 0 Å². The highest BCUT2D eigenvalue weighted by molar-refractivity contribution is 5.77. The van der Waals surface area contributed by atoms with Crippen LogP contribution >= 0.6 is 0 Å². The van der Waals surface area contributed by atoms with Crippen LogP contribution in [0, 0.1) is 0 Å². The van der Waals surface area contributed by atoms with Crippen molar-refractivity contribution in [3.05, 3.63) is 48.6 Å². The van der Waals surface area contributed by atoms with Crippen LogP contribution in [0.3, 0.4) is 0 Å². The summed E-state index contributed by atoms with van der Waals surface area (Å²) in [7, 11) is 0. The molecule has 0 bridgehead atoms. The summed E-state index contributed by atoms with van der Waals surface area (Å²) in [6.07, 6.45) is 61.7. The van der Waals surface area contributed by atoms with E-state index in [1.807, 2.05) is 0 Å². The maximum atomic E-state index is 13.2. The summed E-state index contributed by atoms with van der Waals surface area (Å²) >= 11 is 0. The second-order valence-electron chi connectivity index (χ2n) is 18.6. The third-order valence-corrected chi connectivity index (χ3v) is 12.4. The number of esters is 1. The molecule has 0 fully saturated rings. The smallest absolute Gasteiger partial charge is 0.306 e. The summed E-state index contributed by atoms with van der Waals surface area (Å²) in [5, 5.41) is 23.8. The highest BCUT2D eigenvalue weighted by Crippen LogP contribution is 2.18. The Bertz CT molecular complexity index is 1080. The lowest BCUT2D eigenvalue weighted by Gasteiger charge is -2.24. The lowest BCUT2D eigenvalue weighted by Crippen LogP contribution is -2.46. The Morgan fingerprint density at radius 3 is 1.41 bits per heavy atom. The summed E-state index contributed by atoms with van der Waals surface area (Å²) in [6, 6.07) is -0.709. The zero-order chi connectivity index (χ0) is 45.9. The minimum atomic E-state index is -0.794. The number of carbonyl (C=O) groups excluding carboxylic acids is 2. The monoisotopic (exact) mass is 884 g/mol. The number of ether oxygens (including phenoxy) is 1. The van der Waals surface area contributed by atoms with Crippen molar-refractivity contribution < 1.29 is 24.5 Å². The van der Waals surface area contributed by atoms with E-state index >= 15 is 0 Å². The standard InChI is InChI=1S/C57H105NO5/c1-4-7-10-13-16-19-22-25-27-28-30-31-34-37-40-43-46-49-55(60)54(52-59)58-56(61)51-53(48-45-42-39-36-33-24-21-18-15-12-9-6-3)63-57(62)50-47-44-41-38-35-32-29-26-23-20-17-14-11-8-5-2/h9,12,17-18,20-21,23,26,53-55,59-60H,4-8,10-11,13-16,19,22,24-25,27-52H2,1-3H3,(H,58,61)/b12-9+,20-17+,21-18+,26-23+. The second-order valence-corrected chi connectivity index (χ2v) is 18.6. The minimum Gasteiger partial charge on any atom is -0.462 e. The lowest BCUT2D eigenvalue weighted by atomic mass is 10.0. The third kappa shape index (κ3) is 46.2. The average Bonchev–Trinajstić information content (AvgIpc) is 3.28. The number of hydrogen-bond donors (Lipinski definition) is 3. The van der Waals surface area contributed by atoms with E-state index in [-0.39, 0.29) is 24.9 Å². The van der Waals surface area contributed by atoms with Crippen LogP contribution in [0.5, 0.6) is 0 Å². The normalized spacial score (nSPS) is 13.5. The molecule has 0 aliphatic rings. The Morgan fingerprint density at radius 2 is 0.905 bits per heavy atom. The van der Waals surface area contributed by atoms with E-state index in [0.717, 1.165) is 83.5 Å². The molecule has 3 atom stereocenters. The molecule has 0 saturated carbocycles. The molecule has 63 heavy (non-hydrogen) atoms. The molecule has 6 heteroatoms. The van der Waals surface area contributed by atoms with Gasteiger partial charge >= 0.3 is 5.97 Å². The van der Waals surface area contributed by atoms with Crippen molar-refractivity contribution in [2.75, 3.05) is 6.61 Å². The van der Waals surface area contributed by atoms with Crippen molar-refractivity contribution in [3.63, 3.8) is 0 Å². The molecule has 0 spiro atoms. The molecule has 368 valence electrons. The van der Waals surface area contributed by atoms with Crippen LogP contribution < -0.4 is 5.32 Å². The van der Waals surface area contributed by atoms with Gasteiger partial charge in [-0.2, -0.15) is 0 Å². The molecular formula is C57H105NO5. The van der Waals surface area contributed by atoms with Crippen molar-refractivity contribution >= 4 is 11.9 Å². The van der Waals surface area contributed by atoms with E-state index in [1.54, 1.807) is 0 Å². The molecule has 0 radical (unpaired) electrons. The Labute approximate surface area is 391 Å².